The van der Waals surface area contributed by atoms with Crippen LogP contribution < -0.4 is 0 Å². The molecule has 1 unspecified atom stereocenters. The average Bonchev–Trinajstić information content (AvgIpc) is 2.92. The molecule has 4 heteroatoms. The van der Waals surface area contributed by atoms with E-state index in [4.69, 9.17) is 11.6 Å². The molecule has 2 aromatic rings. The normalized spacial score (nSPS) is 21.2. The Labute approximate surface area is 124 Å². The van der Waals surface area contributed by atoms with Gasteiger partial charge in [-0.25, -0.2) is 0 Å². The number of aliphatic hydroxyl groups is 1. The molecule has 20 heavy (non-hydrogen) atoms. The molecule has 0 fully saturated rings. The first-order valence-corrected chi connectivity index (χ1v) is 7.45. The summed E-state index contributed by atoms with van der Waals surface area (Å²) in [6, 6.07) is 8.13. The van der Waals surface area contributed by atoms with Gasteiger partial charge in [-0.3, -0.25) is 4.68 Å². The lowest BCUT2D eigenvalue weighted by Crippen LogP contribution is -2.27. The molecule has 1 aliphatic rings. The monoisotopic (exact) mass is 290 g/mol. The zero-order valence-corrected chi connectivity index (χ0v) is 12.6. The molecule has 0 bridgehead atoms. The van der Waals surface area contributed by atoms with E-state index in [0.29, 0.717) is 11.4 Å². The fraction of sp³-hybridized carbons (Fsp3) is 0.438. The van der Waals surface area contributed by atoms with Gasteiger partial charge < -0.3 is 5.11 Å². The van der Waals surface area contributed by atoms with Crippen LogP contribution in [0.25, 0.3) is 0 Å². The lowest BCUT2D eigenvalue weighted by Gasteiger charge is -2.24. The van der Waals surface area contributed by atoms with Gasteiger partial charge in [-0.05, 0) is 37.8 Å². The van der Waals surface area contributed by atoms with Gasteiger partial charge in [0.2, 0.25) is 0 Å². The van der Waals surface area contributed by atoms with Gasteiger partial charge >= 0.3 is 0 Å². The molecule has 1 N–H and O–H groups in total. The average molecular weight is 291 g/mol. The van der Waals surface area contributed by atoms with Crippen LogP contribution in [0.3, 0.4) is 0 Å². The van der Waals surface area contributed by atoms with Crippen LogP contribution in [0.1, 0.15) is 35.9 Å². The smallest absolute Gasteiger partial charge is 0.0958 e. The van der Waals surface area contributed by atoms with Crippen LogP contribution in [-0.4, -0.2) is 14.9 Å². The topological polar surface area (TPSA) is 38.0 Å². The number of nitrogens with zero attached hydrogens (tertiary/aromatic N) is 2. The molecule has 1 heterocycles. The van der Waals surface area contributed by atoms with Gasteiger partial charge in [-0.15, -0.1) is 0 Å². The Bertz CT molecular complexity index is 650. The molecule has 0 radical (unpaired) electrons. The van der Waals surface area contributed by atoms with Crippen LogP contribution in [0.5, 0.6) is 0 Å². The van der Waals surface area contributed by atoms with Gasteiger partial charge in [0.1, 0.15) is 0 Å². The number of halogens is 1. The van der Waals surface area contributed by atoms with Crippen LogP contribution in [0.2, 0.25) is 5.02 Å². The number of aryl methyl sites for hydroxylation is 3. The zero-order chi connectivity index (χ0) is 14.3. The Morgan fingerprint density at radius 1 is 1.40 bits per heavy atom. The van der Waals surface area contributed by atoms with E-state index in [-0.39, 0.29) is 0 Å². The van der Waals surface area contributed by atoms with E-state index in [1.165, 1.54) is 5.56 Å². The highest BCUT2D eigenvalue weighted by Crippen LogP contribution is 2.40. The Morgan fingerprint density at radius 2 is 2.15 bits per heavy atom. The second-order valence-corrected chi connectivity index (χ2v) is 5.91. The first kappa shape index (κ1) is 13.7. The standard InChI is InChI=1S/C16H19ClN2O/c1-3-19-14(15(17)11(2)18-19)10-16(20)9-8-12-6-4-5-7-13(12)16/h4-7,20H,3,8-10H2,1-2H3. The van der Waals surface area contributed by atoms with Crippen LogP contribution >= 0.6 is 11.6 Å². The van der Waals surface area contributed by atoms with E-state index >= 15 is 0 Å². The van der Waals surface area contributed by atoms with E-state index in [9.17, 15) is 5.11 Å². The van der Waals surface area contributed by atoms with E-state index in [0.717, 1.165) is 36.3 Å². The minimum atomic E-state index is -0.820. The molecule has 1 aliphatic carbocycles. The fourth-order valence-corrected chi connectivity index (χ4v) is 3.37. The molecule has 3 nitrogen and oxygen atoms in total. The third-order valence-corrected chi connectivity index (χ3v) is 4.73. The summed E-state index contributed by atoms with van der Waals surface area (Å²) < 4.78 is 1.90. The predicted molar refractivity (Wildman–Crippen MR) is 80.0 cm³/mol. The number of benzene rings is 1. The molecule has 1 aromatic heterocycles. The van der Waals surface area contributed by atoms with Crippen LogP contribution in [0.4, 0.5) is 0 Å². The maximum Gasteiger partial charge on any atom is 0.0958 e. The van der Waals surface area contributed by atoms with E-state index in [1.807, 2.05) is 36.7 Å². The van der Waals surface area contributed by atoms with Crippen molar-refractivity contribution in [2.45, 2.75) is 45.3 Å². The third kappa shape index (κ3) is 2.05. The molecule has 0 spiro atoms. The van der Waals surface area contributed by atoms with Gasteiger partial charge in [0.25, 0.3) is 0 Å². The molecular weight excluding hydrogens is 272 g/mol. The molecule has 0 aliphatic heterocycles. The Kier molecular flexibility index (Phi) is 3.35. The number of fused-ring (bicyclic) bond motifs is 1. The molecule has 0 amide bonds. The summed E-state index contributed by atoms with van der Waals surface area (Å²) in [5, 5.41) is 16.2. The lowest BCUT2D eigenvalue weighted by atomic mass is 9.90. The van der Waals surface area contributed by atoms with Crippen molar-refractivity contribution in [2.24, 2.45) is 0 Å². The minimum absolute atomic E-state index is 0.525. The highest BCUT2D eigenvalue weighted by atomic mass is 35.5. The largest absolute Gasteiger partial charge is 0.385 e. The fourth-order valence-electron chi connectivity index (χ4n) is 3.17. The second kappa shape index (κ2) is 4.90. The van der Waals surface area contributed by atoms with Gasteiger partial charge in [0.15, 0.2) is 0 Å². The summed E-state index contributed by atoms with van der Waals surface area (Å²) in [4.78, 5) is 0. The van der Waals surface area contributed by atoms with Crippen molar-refractivity contribution in [1.29, 1.82) is 0 Å². The Hall–Kier alpha value is -1.32. The highest BCUT2D eigenvalue weighted by molar-refractivity contribution is 6.31. The third-order valence-electron chi connectivity index (χ3n) is 4.24. The number of hydrogen-bond acceptors (Lipinski definition) is 2. The van der Waals surface area contributed by atoms with E-state index in [1.54, 1.807) is 0 Å². The van der Waals surface area contributed by atoms with Crippen LogP contribution in [0, 0.1) is 6.92 Å². The maximum atomic E-state index is 11.1. The summed E-state index contributed by atoms with van der Waals surface area (Å²) >= 11 is 6.37. The Morgan fingerprint density at radius 3 is 2.90 bits per heavy atom. The van der Waals surface area contributed by atoms with Crippen molar-refractivity contribution in [3.8, 4) is 0 Å². The lowest BCUT2D eigenvalue weighted by molar-refractivity contribution is 0.0369. The SMILES string of the molecule is CCn1nc(C)c(Cl)c1CC1(O)CCc2ccccc21. The summed E-state index contributed by atoms with van der Waals surface area (Å²) in [5.41, 5.74) is 3.23. The molecular formula is C16H19ClN2O. The Balaban J connectivity index is 2.00. The minimum Gasteiger partial charge on any atom is -0.385 e. The molecule has 1 aromatic carbocycles. The summed E-state index contributed by atoms with van der Waals surface area (Å²) in [6.45, 7) is 4.71. The van der Waals surface area contributed by atoms with Crippen molar-refractivity contribution < 1.29 is 5.11 Å². The van der Waals surface area contributed by atoms with Crippen molar-refractivity contribution in [1.82, 2.24) is 9.78 Å². The highest BCUT2D eigenvalue weighted by Gasteiger charge is 2.38. The van der Waals surface area contributed by atoms with Crippen molar-refractivity contribution in [3.05, 3.63) is 51.8 Å². The number of aromatic nitrogens is 2. The molecule has 3 rings (SSSR count). The second-order valence-electron chi connectivity index (χ2n) is 5.53. The predicted octanol–water partition coefficient (Wildman–Crippen LogP) is 3.24. The zero-order valence-electron chi connectivity index (χ0n) is 11.9. The summed E-state index contributed by atoms with van der Waals surface area (Å²) in [6.07, 6.45) is 2.19. The quantitative estimate of drug-likeness (QED) is 0.942. The van der Waals surface area contributed by atoms with Gasteiger partial charge in [-0.1, -0.05) is 35.9 Å². The first-order chi connectivity index (χ1) is 9.55. The first-order valence-electron chi connectivity index (χ1n) is 7.07. The van der Waals surface area contributed by atoms with Crippen LogP contribution in [0.15, 0.2) is 24.3 Å². The van der Waals surface area contributed by atoms with Gasteiger partial charge in [0.05, 0.1) is 22.0 Å². The summed E-state index contributed by atoms with van der Waals surface area (Å²) in [5.74, 6) is 0. The number of hydrogen-bond donors (Lipinski definition) is 1. The number of rotatable bonds is 3. The summed E-state index contributed by atoms with van der Waals surface area (Å²) in [7, 11) is 0. The van der Waals surface area contributed by atoms with Crippen LogP contribution in [-0.2, 0) is 25.0 Å². The van der Waals surface area contributed by atoms with Gasteiger partial charge in [-0.2, -0.15) is 5.10 Å². The molecule has 0 saturated carbocycles. The molecule has 0 saturated heterocycles. The molecule has 1 atom stereocenters. The van der Waals surface area contributed by atoms with Gasteiger partial charge in [0, 0.05) is 13.0 Å². The van der Waals surface area contributed by atoms with E-state index < -0.39 is 5.60 Å². The van der Waals surface area contributed by atoms with Crippen molar-refractivity contribution >= 4 is 11.6 Å². The van der Waals surface area contributed by atoms with Crippen molar-refractivity contribution in [3.63, 3.8) is 0 Å². The maximum absolute atomic E-state index is 11.1. The van der Waals surface area contributed by atoms with Crippen molar-refractivity contribution in [2.75, 3.05) is 0 Å². The van der Waals surface area contributed by atoms with E-state index in [2.05, 4.69) is 11.2 Å². The molecule has 106 valence electrons.